The van der Waals surface area contributed by atoms with E-state index in [1.807, 2.05) is 0 Å². The number of ether oxygens (including phenoxy) is 1. The molecule has 2 rings (SSSR count). The van der Waals surface area contributed by atoms with E-state index in [2.05, 4.69) is 15.9 Å². The minimum Gasteiger partial charge on any atom is -0.478 e. The van der Waals surface area contributed by atoms with Crippen LogP contribution in [0.5, 0.6) is 11.5 Å². The maximum absolute atomic E-state index is 13.0. The lowest BCUT2D eigenvalue weighted by Gasteiger charge is -2.09. The molecule has 2 aromatic carbocycles. The molecule has 0 aromatic heterocycles. The van der Waals surface area contributed by atoms with Gasteiger partial charge < -0.3 is 9.84 Å². The van der Waals surface area contributed by atoms with Crippen molar-refractivity contribution in [2.45, 2.75) is 0 Å². The monoisotopic (exact) mass is 344 g/mol. The fourth-order valence-electron chi connectivity index (χ4n) is 1.43. The van der Waals surface area contributed by atoms with Crippen molar-refractivity contribution in [3.63, 3.8) is 0 Å². The van der Waals surface area contributed by atoms with Gasteiger partial charge in [0.1, 0.15) is 22.9 Å². The minimum atomic E-state index is -1.12. The summed E-state index contributed by atoms with van der Waals surface area (Å²) in [5.41, 5.74) is -0.00479. The maximum atomic E-state index is 13.0. The molecule has 0 aliphatic heterocycles. The Balaban J connectivity index is 2.37. The Morgan fingerprint density at radius 1 is 1.26 bits per heavy atom. The number of aromatic carboxylic acids is 1. The number of benzene rings is 2. The molecule has 98 valence electrons. The van der Waals surface area contributed by atoms with Gasteiger partial charge in [-0.3, -0.25) is 0 Å². The third-order valence-corrected chi connectivity index (χ3v) is 3.07. The third kappa shape index (κ3) is 3.24. The number of carbonyl (C=O) groups is 1. The molecule has 1 N–H and O–H groups in total. The normalized spacial score (nSPS) is 10.3. The molecule has 0 heterocycles. The van der Waals surface area contributed by atoms with E-state index in [1.165, 1.54) is 24.3 Å². The van der Waals surface area contributed by atoms with Gasteiger partial charge in [-0.05, 0) is 30.3 Å². The van der Waals surface area contributed by atoms with Gasteiger partial charge in [-0.25, -0.2) is 9.18 Å². The fraction of sp³-hybridized carbons (Fsp3) is 0. The van der Waals surface area contributed by atoms with Crippen LogP contribution in [0.15, 0.2) is 40.9 Å². The molecule has 0 bridgehead atoms. The van der Waals surface area contributed by atoms with Gasteiger partial charge >= 0.3 is 5.97 Å². The van der Waals surface area contributed by atoms with E-state index in [0.29, 0.717) is 4.47 Å². The summed E-state index contributed by atoms with van der Waals surface area (Å²) in [4.78, 5) is 11.1. The van der Waals surface area contributed by atoms with Crippen LogP contribution in [0.3, 0.4) is 0 Å². The van der Waals surface area contributed by atoms with Gasteiger partial charge in [0.05, 0.1) is 5.02 Å². The summed E-state index contributed by atoms with van der Waals surface area (Å²) >= 11 is 8.81. The van der Waals surface area contributed by atoms with E-state index < -0.39 is 11.8 Å². The predicted octanol–water partition coefficient (Wildman–Crippen LogP) is 4.73. The van der Waals surface area contributed by atoms with Crippen molar-refractivity contribution in [2.75, 3.05) is 0 Å². The molecule has 0 radical (unpaired) electrons. The van der Waals surface area contributed by atoms with E-state index in [-0.39, 0.29) is 22.1 Å². The number of rotatable bonds is 3. The van der Waals surface area contributed by atoms with Crippen LogP contribution in [-0.2, 0) is 0 Å². The molecule has 0 unspecified atom stereocenters. The second-order valence-corrected chi connectivity index (χ2v) is 4.95. The Bertz CT molecular complexity index is 646. The summed E-state index contributed by atoms with van der Waals surface area (Å²) in [6, 6.07) is 8.37. The van der Waals surface area contributed by atoms with Crippen molar-refractivity contribution < 1.29 is 19.0 Å². The van der Waals surface area contributed by atoms with E-state index in [1.54, 1.807) is 6.07 Å². The van der Waals surface area contributed by atoms with Gasteiger partial charge in [0, 0.05) is 10.5 Å². The zero-order chi connectivity index (χ0) is 14.0. The van der Waals surface area contributed by atoms with Crippen LogP contribution in [0.2, 0.25) is 5.02 Å². The van der Waals surface area contributed by atoms with Crippen LogP contribution in [0, 0.1) is 5.82 Å². The Kier molecular flexibility index (Phi) is 4.07. The van der Waals surface area contributed by atoms with Crippen molar-refractivity contribution in [2.24, 2.45) is 0 Å². The first-order chi connectivity index (χ1) is 8.97. The predicted molar refractivity (Wildman–Crippen MR) is 72.6 cm³/mol. The molecule has 0 amide bonds. The summed E-state index contributed by atoms with van der Waals surface area (Å²) in [6.07, 6.45) is 0. The number of halogens is 3. The molecule has 2 aromatic rings. The zero-order valence-electron chi connectivity index (χ0n) is 9.36. The van der Waals surface area contributed by atoms with E-state index >= 15 is 0 Å². The van der Waals surface area contributed by atoms with E-state index in [4.69, 9.17) is 21.4 Å². The summed E-state index contributed by atoms with van der Waals surface area (Å²) in [5, 5.41) is 8.99. The Morgan fingerprint density at radius 2 is 2.00 bits per heavy atom. The SMILES string of the molecule is O=C(O)c1cc(Br)ccc1Oc1ccc(F)c(Cl)c1. The lowest BCUT2D eigenvalue weighted by atomic mass is 10.2. The lowest BCUT2D eigenvalue weighted by Crippen LogP contribution is -2.00. The van der Waals surface area contributed by atoms with Crippen LogP contribution in [-0.4, -0.2) is 11.1 Å². The average molecular weight is 346 g/mol. The highest BCUT2D eigenvalue weighted by molar-refractivity contribution is 9.10. The number of hydrogen-bond donors (Lipinski definition) is 1. The maximum Gasteiger partial charge on any atom is 0.339 e. The molecule has 0 fully saturated rings. The molecule has 0 aliphatic rings. The molecular formula is C13H7BrClFO3. The highest BCUT2D eigenvalue weighted by Crippen LogP contribution is 2.30. The summed E-state index contributed by atoms with van der Waals surface area (Å²) < 4.78 is 19.0. The lowest BCUT2D eigenvalue weighted by molar-refractivity contribution is 0.0694. The Labute approximate surface area is 121 Å². The highest BCUT2D eigenvalue weighted by atomic mass is 79.9. The summed E-state index contributed by atoms with van der Waals surface area (Å²) in [7, 11) is 0. The molecule has 6 heteroatoms. The molecular weight excluding hydrogens is 338 g/mol. The molecule has 0 spiro atoms. The van der Waals surface area contributed by atoms with Crippen LogP contribution in [0.1, 0.15) is 10.4 Å². The molecule has 0 aliphatic carbocycles. The zero-order valence-corrected chi connectivity index (χ0v) is 11.7. The average Bonchev–Trinajstić information content (AvgIpc) is 2.36. The standard InChI is InChI=1S/C13H7BrClFO3/c14-7-1-4-12(9(5-7)13(17)18)19-8-2-3-11(16)10(15)6-8/h1-6H,(H,17,18). The van der Waals surface area contributed by atoms with Crippen molar-refractivity contribution in [1.82, 2.24) is 0 Å². The van der Waals surface area contributed by atoms with Gasteiger partial charge in [0.15, 0.2) is 0 Å². The molecule has 19 heavy (non-hydrogen) atoms. The van der Waals surface area contributed by atoms with Gasteiger partial charge in [-0.1, -0.05) is 27.5 Å². The molecule has 0 saturated carbocycles. The second kappa shape index (κ2) is 5.59. The topological polar surface area (TPSA) is 46.5 Å². The van der Waals surface area contributed by atoms with Gasteiger partial charge in [-0.15, -0.1) is 0 Å². The summed E-state index contributed by atoms with van der Waals surface area (Å²) in [5.74, 6) is -1.28. The van der Waals surface area contributed by atoms with E-state index in [0.717, 1.165) is 6.07 Å². The van der Waals surface area contributed by atoms with E-state index in [9.17, 15) is 9.18 Å². The first kappa shape index (κ1) is 13.8. The molecule has 0 saturated heterocycles. The van der Waals surface area contributed by atoms with Crippen molar-refractivity contribution >= 4 is 33.5 Å². The van der Waals surface area contributed by atoms with Gasteiger partial charge in [0.2, 0.25) is 0 Å². The highest BCUT2D eigenvalue weighted by Gasteiger charge is 2.13. The first-order valence-corrected chi connectivity index (χ1v) is 6.30. The Morgan fingerprint density at radius 3 is 2.63 bits per heavy atom. The van der Waals surface area contributed by atoms with Crippen LogP contribution in [0.4, 0.5) is 4.39 Å². The van der Waals surface area contributed by atoms with Crippen molar-refractivity contribution in [3.05, 3.63) is 57.3 Å². The number of carboxylic acids is 1. The van der Waals surface area contributed by atoms with Gasteiger partial charge in [0.25, 0.3) is 0 Å². The largest absolute Gasteiger partial charge is 0.478 e. The smallest absolute Gasteiger partial charge is 0.339 e. The van der Waals surface area contributed by atoms with Crippen molar-refractivity contribution in [3.8, 4) is 11.5 Å². The van der Waals surface area contributed by atoms with Crippen molar-refractivity contribution in [1.29, 1.82) is 0 Å². The number of carboxylic acid groups (broad SMARTS) is 1. The van der Waals surface area contributed by atoms with Gasteiger partial charge in [-0.2, -0.15) is 0 Å². The molecule has 0 atom stereocenters. The van der Waals surface area contributed by atoms with Crippen LogP contribution in [0.25, 0.3) is 0 Å². The van der Waals surface area contributed by atoms with Crippen LogP contribution < -0.4 is 4.74 Å². The quantitative estimate of drug-likeness (QED) is 0.874. The fourth-order valence-corrected chi connectivity index (χ4v) is 1.96. The Hall–Kier alpha value is -1.59. The first-order valence-electron chi connectivity index (χ1n) is 5.13. The minimum absolute atomic E-state index is 0.00479. The second-order valence-electron chi connectivity index (χ2n) is 3.62. The molecule has 3 nitrogen and oxygen atoms in total. The third-order valence-electron chi connectivity index (χ3n) is 2.29. The summed E-state index contributed by atoms with van der Waals surface area (Å²) in [6.45, 7) is 0. The van der Waals surface area contributed by atoms with Crippen LogP contribution >= 0.6 is 27.5 Å². The number of hydrogen-bond acceptors (Lipinski definition) is 2.